The van der Waals surface area contributed by atoms with Crippen LogP contribution in [0, 0.1) is 0 Å². The molecular formula is C41H46Cl2Zr. The second-order valence-electron chi connectivity index (χ2n) is 12.0. The molecular weight excluding hydrogens is 655 g/mol. The molecule has 228 valence electrons. The fourth-order valence-electron chi connectivity index (χ4n) is 7.24. The van der Waals surface area contributed by atoms with Crippen molar-refractivity contribution in [2.24, 2.45) is 0 Å². The van der Waals surface area contributed by atoms with Crippen molar-refractivity contribution in [3.63, 3.8) is 0 Å². The van der Waals surface area contributed by atoms with Crippen molar-refractivity contribution in [3.8, 4) is 11.1 Å². The molecule has 3 heteroatoms. The van der Waals surface area contributed by atoms with E-state index in [4.69, 9.17) is 0 Å². The number of aryl methyl sites for hydroxylation is 2. The summed E-state index contributed by atoms with van der Waals surface area (Å²) in [6.07, 6.45) is 10.8. The van der Waals surface area contributed by atoms with Crippen LogP contribution in [0.15, 0.2) is 118 Å². The molecule has 0 unspecified atom stereocenters. The summed E-state index contributed by atoms with van der Waals surface area (Å²) < 4.78 is 3.99. The first kappa shape index (κ1) is 34.6. The molecule has 0 fully saturated rings. The summed E-state index contributed by atoms with van der Waals surface area (Å²) in [6, 6.07) is 37.7. The normalized spacial score (nSPS) is 13.5. The predicted octanol–water partition coefficient (Wildman–Crippen LogP) is 11.8. The van der Waals surface area contributed by atoms with E-state index in [-0.39, 0.29) is 24.8 Å². The van der Waals surface area contributed by atoms with Gasteiger partial charge in [0.25, 0.3) is 0 Å². The summed E-state index contributed by atoms with van der Waals surface area (Å²) in [5, 5.41) is 0. The van der Waals surface area contributed by atoms with E-state index >= 15 is 0 Å². The number of halogens is 2. The minimum Gasteiger partial charge on any atom is -0.147 e. The maximum Gasteiger partial charge on any atom is -0.147 e. The van der Waals surface area contributed by atoms with Gasteiger partial charge in [0.1, 0.15) is 0 Å². The summed E-state index contributed by atoms with van der Waals surface area (Å²) in [5.41, 5.74) is 15.3. The molecule has 6 rings (SSSR count). The standard InChI is InChI=1S/C17H17.C13H10.C11H17.2ClH.Zr/c1-3-12-5-7-16-14(9-12)11-15-10-13(4-2)6-8-17(15)16;1-3-7-12(8-4-1)11-13-9-5-2-6-10-13;1-3-5-10-7-8-11(9-10)6-4-2;;;/h5-11H,3-4H2,1-2H3;1-10H;9H,3-7H2,1-2H3;2*1H;. The summed E-state index contributed by atoms with van der Waals surface area (Å²) in [5.74, 6) is 0. The van der Waals surface area contributed by atoms with E-state index < -0.39 is 21.3 Å². The zero-order chi connectivity index (χ0) is 29.1. The van der Waals surface area contributed by atoms with Gasteiger partial charge in [0.15, 0.2) is 0 Å². The Hall–Kier alpha value is -2.31. The van der Waals surface area contributed by atoms with Gasteiger partial charge in [-0.15, -0.1) is 24.8 Å². The Labute approximate surface area is 285 Å². The minimum absolute atomic E-state index is 0. The molecule has 4 aromatic rings. The zero-order valence-electron chi connectivity index (χ0n) is 26.7. The van der Waals surface area contributed by atoms with E-state index in [0.29, 0.717) is 3.63 Å². The van der Waals surface area contributed by atoms with Gasteiger partial charge in [-0.2, -0.15) is 0 Å². The minimum atomic E-state index is -2.73. The van der Waals surface area contributed by atoms with Crippen molar-refractivity contribution in [1.82, 2.24) is 0 Å². The largest absolute Gasteiger partial charge is 0.147 e. The molecule has 0 spiro atoms. The molecule has 2 aliphatic rings. The van der Waals surface area contributed by atoms with Crippen LogP contribution in [0.2, 0.25) is 0 Å². The topological polar surface area (TPSA) is 0 Å². The number of hydrogen-bond acceptors (Lipinski definition) is 0. The van der Waals surface area contributed by atoms with Gasteiger partial charge in [-0.3, -0.25) is 0 Å². The van der Waals surface area contributed by atoms with Crippen molar-refractivity contribution < 1.29 is 21.3 Å². The SMILES string of the molecule is CCCC1=CC(CCC)=[C]([Zr](=[C](c2ccccc2)c2ccccc2)[CH]2c3cc(CC)ccc3-c3ccc(CC)cc32)C1.Cl.Cl. The van der Waals surface area contributed by atoms with Crippen LogP contribution in [-0.2, 0) is 34.1 Å². The molecule has 0 N–H and O–H groups in total. The zero-order valence-corrected chi connectivity index (χ0v) is 30.7. The van der Waals surface area contributed by atoms with E-state index in [1.165, 1.54) is 65.5 Å². The first-order valence-corrected chi connectivity index (χ1v) is 20.1. The molecule has 4 aromatic carbocycles. The van der Waals surface area contributed by atoms with Crippen LogP contribution in [0.4, 0.5) is 0 Å². The molecule has 2 aliphatic carbocycles. The van der Waals surface area contributed by atoms with E-state index in [2.05, 4.69) is 131 Å². The first-order chi connectivity index (χ1) is 20.7. The van der Waals surface area contributed by atoms with Gasteiger partial charge in [-0.1, -0.05) is 0 Å². The van der Waals surface area contributed by atoms with Crippen molar-refractivity contribution >= 4 is 28.0 Å². The van der Waals surface area contributed by atoms with Gasteiger partial charge in [-0.25, -0.2) is 0 Å². The van der Waals surface area contributed by atoms with Crippen LogP contribution < -0.4 is 0 Å². The van der Waals surface area contributed by atoms with E-state index in [9.17, 15) is 0 Å². The molecule has 0 nitrogen and oxygen atoms in total. The van der Waals surface area contributed by atoms with Crippen LogP contribution in [-0.4, -0.2) is 3.21 Å². The number of rotatable bonds is 10. The average molecular weight is 701 g/mol. The van der Waals surface area contributed by atoms with E-state index in [1.54, 1.807) is 25.5 Å². The Morgan fingerprint density at radius 2 is 1.14 bits per heavy atom. The fraction of sp³-hybridized carbons (Fsp3) is 0.293. The van der Waals surface area contributed by atoms with Crippen LogP contribution in [0.5, 0.6) is 0 Å². The molecule has 0 atom stereocenters. The number of fused-ring (bicyclic) bond motifs is 3. The smallest absolute Gasteiger partial charge is 0.147 e. The molecule has 0 aliphatic heterocycles. The van der Waals surface area contributed by atoms with Crippen molar-refractivity contribution in [3.05, 3.63) is 151 Å². The van der Waals surface area contributed by atoms with Gasteiger partial charge in [0.2, 0.25) is 0 Å². The molecule has 0 saturated carbocycles. The molecule has 0 aromatic heterocycles. The monoisotopic (exact) mass is 698 g/mol. The Balaban J connectivity index is 0.00000221. The van der Waals surface area contributed by atoms with Crippen LogP contribution in [0.1, 0.15) is 96.8 Å². The van der Waals surface area contributed by atoms with E-state index in [0.717, 1.165) is 12.8 Å². The summed E-state index contributed by atoms with van der Waals surface area (Å²) in [4.78, 5) is 0. The fourth-order valence-corrected chi connectivity index (χ4v) is 17.0. The third-order valence-electron chi connectivity index (χ3n) is 9.23. The molecule has 0 radical (unpaired) electrons. The summed E-state index contributed by atoms with van der Waals surface area (Å²) in [7, 11) is 0. The van der Waals surface area contributed by atoms with Crippen molar-refractivity contribution in [2.45, 2.75) is 76.3 Å². The Morgan fingerprint density at radius 3 is 1.59 bits per heavy atom. The number of benzene rings is 4. The van der Waals surface area contributed by atoms with Crippen molar-refractivity contribution in [1.29, 1.82) is 0 Å². The number of allylic oxidation sites excluding steroid dienone is 4. The quantitative estimate of drug-likeness (QED) is 0.154. The third-order valence-corrected chi connectivity index (χ3v) is 17.7. The van der Waals surface area contributed by atoms with Crippen molar-refractivity contribution in [2.75, 3.05) is 0 Å². The molecule has 0 bridgehead atoms. The molecule has 44 heavy (non-hydrogen) atoms. The second-order valence-corrected chi connectivity index (χ2v) is 18.2. The Bertz CT molecular complexity index is 1580. The maximum absolute atomic E-state index is 2.73. The van der Waals surface area contributed by atoms with Gasteiger partial charge in [0.05, 0.1) is 0 Å². The van der Waals surface area contributed by atoms with Gasteiger partial charge in [-0.05, 0) is 0 Å². The van der Waals surface area contributed by atoms with Crippen LogP contribution >= 0.6 is 24.8 Å². The average Bonchev–Trinajstić information content (AvgIpc) is 3.58. The van der Waals surface area contributed by atoms with Crippen LogP contribution in [0.3, 0.4) is 0 Å². The van der Waals surface area contributed by atoms with Gasteiger partial charge < -0.3 is 0 Å². The third kappa shape index (κ3) is 6.77. The maximum atomic E-state index is 2.64. The predicted molar refractivity (Wildman–Crippen MR) is 193 cm³/mol. The molecule has 0 saturated heterocycles. The van der Waals surface area contributed by atoms with Crippen LogP contribution in [0.25, 0.3) is 11.1 Å². The Morgan fingerprint density at radius 1 is 0.636 bits per heavy atom. The van der Waals surface area contributed by atoms with Gasteiger partial charge >= 0.3 is 263 Å². The summed E-state index contributed by atoms with van der Waals surface area (Å²) in [6.45, 7) is 9.31. The molecule has 0 amide bonds. The second kappa shape index (κ2) is 15.8. The number of hydrogen-bond donors (Lipinski definition) is 0. The van der Waals surface area contributed by atoms with E-state index in [1.807, 2.05) is 3.28 Å². The first-order valence-electron chi connectivity index (χ1n) is 16.2. The van der Waals surface area contributed by atoms with Gasteiger partial charge in [0, 0.05) is 0 Å². The Kier molecular flexibility index (Phi) is 12.4. The molecule has 0 heterocycles. The summed E-state index contributed by atoms with van der Waals surface area (Å²) >= 11 is -2.73.